The first kappa shape index (κ1) is 37.1. The van der Waals surface area contributed by atoms with Crippen LogP contribution in [0, 0.1) is 28.5 Å². The van der Waals surface area contributed by atoms with Crippen molar-refractivity contribution in [2.75, 3.05) is 69.0 Å². The fourth-order valence-electron chi connectivity index (χ4n) is 8.38. The standard InChI is InChI=1S/C44H47FN6O3/c1-3-49(41-17-12-35-28-34(10-11-36(35)29-41)33(2)37(30-46)31-47)24-25-50-32-51(40-8-5-4-6-9-40)43(42(50)52)19-22-48(23-20-43)21-7-18-44(53-26-27-54-44)38-13-15-39(45)16-14-38/h4-6,8-17,28-29H,3,7,18-27,32H2,1-2H3. The highest BCUT2D eigenvalue weighted by atomic mass is 19.1. The molecule has 0 aromatic heterocycles. The molecule has 278 valence electrons. The van der Waals surface area contributed by atoms with E-state index in [-0.39, 0.29) is 17.3 Å². The number of benzene rings is 4. The molecule has 0 saturated carbocycles. The van der Waals surface area contributed by atoms with Crippen molar-refractivity contribution < 1.29 is 18.7 Å². The van der Waals surface area contributed by atoms with Crippen LogP contribution >= 0.6 is 0 Å². The molecule has 7 rings (SSSR count). The van der Waals surface area contributed by atoms with Gasteiger partial charge in [0.05, 0.1) is 19.9 Å². The number of rotatable bonds is 12. The lowest BCUT2D eigenvalue weighted by Gasteiger charge is -2.43. The van der Waals surface area contributed by atoms with E-state index in [1.165, 1.54) is 12.1 Å². The maximum Gasteiger partial charge on any atom is 0.250 e. The Kier molecular flexibility index (Phi) is 11.0. The van der Waals surface area contributed by atoms with Crippen LogP contribution in [0.15, 0.2) is 96.6 Å². The Hall–Kier alpha value is -5.26. The molecule has 0 aliphatic carbocycles. The first-order valence-electron chi connectivity index (χ1n) is 19.0. The minimum atomic E-state index is -0.835. The van der Waals surface area contributed by atoms with Gasteiger partial charge in [-0.25, -0.2) is 4.39 Å². The zero-order valence-corrected chi connectivity index (χ0v) is 31.1. The minimum absolute atomic E-state index is 0.121. The molecule has 3 aliphatic heterocycles. The average Bonchev–Trinajstić information content (AvgIpc) is 3.79. The van der Waals surface area contributed by atoms with Gasteiger partial charge in [-0.1, -0.05) is 48.5 Å². The van der Waals surface area contributed by atoms with Crippen molar-refractivity contribution in [2.45, 2.75) is 50.9 Å². The first-order chi connectivity index (χ1) is 26.3. The van der Waals surface area contributed by atoms with Gasteiger partial charge in [-0.2, -0.15) is 10.5 Å². The van der Waals surface area contributed by atoms with Gasteiger partial charge in [-0.3, -0.25) is 4.79 Å². The number of carbonyl (C=O) groups is 1. The fraction of sp³-hybridized carbons (Fsp3) is 0.386. The Morgan fingerprint density at radius 2 is 1.57 bits per heavy atom. The fourth-order valence-corrected chi connectivity index (χ4v) is 8.38. The molecule has 0 unspecified atom stereocenters. The molecule has 4 aromatic carbocycles. The number of anilines is 2. The third kappa shape index (κ3) is 7.30. The maximum atomic E-state index is 14.5. The molecule has 3 aliphatic rings. The summed E-state index contributed by atoms with van der Waals surface area (Å²) in [6, 6.07) is 33.1. The first-order valence-corrected chi connectivity index (χ1v) is 19.0. The Balaban J connectivity index is 1.01. The maximum absolute atomic E-state index is 14.5. The van der Waals surface area contributed by atoms with Gasteiger partial charge in [-0.05, 0) is 104 Å². The van der Waals surface area contributed by atoms with E-state index in [9.17, 15) is 19.7 Å². The van der Waals surface area contributed by atoms with Crippen LogP contribution in [0.2, 0.25) is 0 Å². The number of fused-ring (bicyclic) bond motifs is 1. The van der Waals surface area contributed by atoms with Crippen LogP contribution in [0.25, 0.3) is 16.3 Å². The summed E-state index contributed by atoms with van der Waals surface area (Å²) in [5.74, 6) is -0.910. The molecular weight excluding hydrogens is 680 g/mol. The Morgan fingerprint density at radius 1 is 0.889 bits per heavy atom. The highest BCUT2D eigenvalue weighted by molar-refractivity contribution is 5.94. The monoisotopic (exact) mass is 726 g/mol. The van der Waals surface area contributed by atoms with E-state index in [1.54, 1.807) is 19.1 Å². The van der Waals surface area contributed by atoms with Crippen LogP contribution in [0.4, 0.5) is 15.8 Å². The lowest BCUT2D eigenvalue weighted by Crippen LogP contribution is -2.56. The van der Waals surface area contributed by atoms with Crippen LogP contribution in [0.5, 0.6) is 0 Å². The molecule has 54 heavy (non-hydrogen) atoms. The van der Waals surface area contributed by atoms with E-state index >= 15 is 0 Å². The average molecular weight is 727 g/mol. The van der Waals surface area contributed by atoms with Crippen LogP contribution in [-0.2, 0) is 20.1 Å². The van der Waals surface area contributed by atoms with E-state index in [0.717, 1.165) is 78.7 Å². The van der Waals surface area contributed by atoms with E-state index < -0.39 is 11.3 Å². The van der Waals surface area contributed by atoms with Crippen molar-refractivity contribution in [3.63, 3.8) is 0 Å². The summed E-state index contributed by atoms with van der Waals surface area (Å²) in [7, 11) is 0. The molecule has 1 spiro atoms. The van der Waals surface area contributed by atoms with Crippen LogP contribution in [0.3, 0.4) is 0 Å². The molecule has 4 aromatic rings. The summed E-state index contributed by atoms with van der Waals surface area (Å²) >= 11 is 0. The molecule has 3 fully saturated rings. The Labute approximate surface area is 317 Å². The van der Waals surface area contributed by atoms with Gasteiger partial charge in [0.15, 0.2) is 5.79 Å². The summed E-state index contributed by atoms with van der Waals surface area (Å²) in [5.41, 5.74) is 4.07. The number of nitriles is 2. The number of halogens is 1. The lowest BCUT2D eigenvalue weighted by atomic mass is 9.85. The van der Waals surface area contributed by atoms with Gasteiger partial charge >= 0.3 is 0 Å². The van der Waals surface area contributed by atoms with Gasteiger partial charge in [-0.15, -0.1) is 0 Å². The van der Waals surface area contributed by atoms with Crippen molar-refractivity contribution in [3.8, 4) is 12.1 Å². The second-order valence-electron chi connectivity index (χ2n) is 14.5. The van der Waals surface area contributed by atoms with Crippen LogP contribution < -0.4 is 9.80 Å². The second kappa shape index (κ2) is 16.0. The number of piperidine rings is 1. The third-order valence-corrected chi connectivity index (χ3v) is 11.5. The quantitative estimate of drug-likeness (QED) is 0.139. The number of amides is 1. The summed E-state index contributed by atoms with van der Waals surface area (Å²) in [4.78, 5) is 23.6. The highest BCUT2D eigenvalue weighted by Crippen LogP contribution is 2.41. The smallest absolute Gasteiger partial charge is 0.250 e. The summed E-state index contributed by atoms with van der Waals surface area (Å²) in [5, 5.41) is 20.8. The number of para-hydroxylation sites is 1. The molecule has 0 N–H and O–H groups in total. The van der Waals surface area contributed by atoms with E-state index in [2.05, 4.69) is 52.0 Å². The molecule has 0 radical (unpaired) electrons. The largest absolute Gasteiger partial charge is 0.370 e. The Morgan fingerprint density at radius 3 is 2.26 bits per heavy atom. The molecule has 1 amide bonds. The van der Waals surface area contributed by atoms with Crippen molar-refractivity contribution in [1.82, 2.24) is 9.80 Å². The number of nitrogens with zero attached hydrogens (tertiary/aromatic N) is 6. The predicted molar refractivity (Wildman–Crippen MR) is 209 cm³/mol. The van der Waals surface area contributed by atoms with Crippen molar-refractivity contribution in [2.24, 2.45) is 0 Å². The van der Waals surface area contributed by atoms with Gasteiger partial charge in [0.25, 0.3) is 0 Å². The zero-order valence-electron chi connectivity index (χ0n) is 31.1. The molecule has 3 heterocycles. The minimum Gasteiger partial charge on any atom is -0.370 e. The third-order valence-electron chi connectivity index (χ3n) is 11.5. The zero-order chi connectivity index (χ0) is 37.7. The molecule has 10 heteroatoms. The van der Waals surface area contributed by atoms with E-state index in [0.29, 0.717) is 45.0 Å². The van der Waals surface area contributed by atoms with Gasteiger partial charge in [0.1, 0.15) is 29.1 Å². The van der Waals surface area contributed by atoms with Crippen molar-refractivity contribution >= 4 is 33.6 Å². The van der Waals surface area contributed by atoms with Crippen LogP contribution in [-0.4, -0.2) is 80.4 Å². The lowest BCUT2D eigenvalue weighted by molar-refractivity contribution is -0.172. The number of hydrogen-bond acceptors (Lipinski definition) is 8. The predicted octanol–water partition coefficient (Wildman–Crippen LogP) is 7.45. The van der Waals surface area contributed by atoms with Crippen molar-refractivity contribution in [3.05, 3.63) is 114 Å². The second-order valence-corrected chi connectivity index (χ2v) is 14.5. The molecule has 0 atom stereocenters. The number of carbonyl (C=O) groups excluding carboxylic acids is 1. The van der Waals surface area contributed by atoms with E-state index in [1.807, 2.05) is 53.4 Å². The van der Waals surface area contributed by atoms with E-state index in [4.69, 9.17) is 9.47 Å². The molecule has 0 bridgehead atoms. The number of likely N-dealkylation sites (tertiary alicyclic amines) is 1. The van der Waals surface area contributed by atoms with Crippen LogP contribution in [0.1, 0.15) is 50.7 Å². The Bertz CT molecular complexity index is 2060. The topological polar surface area (TPSA) is 96.1 Å². The summed E-state index contributed by atoms with van der Waals surface area (Å²) in [6.07, 6.45) is 3.03. The summed E-state index contributed by atoms with van der Waals surface area (Å²) < 4.78 is 25.8. The SMILES string of the molecule is CCN(CCN1CN(c2ccccc2)C2(CCN(CCCC3(c4ccc(F)cc4)OCCO3)CC2)C1=O)c1ccc2cc(C(C)=C(C#N)C#N)ccc2c1. The number of allylic oxidation sites excluding steroid dienone is 2. The number of hydrogen-bond donors (Lipinski definition) is 0. The summed E-state index contributed by atoms with van der Waals surface area (Å²) in [6.45, 7) is 10.1. The van der Waals surface area contributed by atoms with Crippen molar-refractivity contribution in [1.29, 1.82) is 10.5 Å². The van der Waals surface area contributed by atoms with Gasteiger partial charge in [0.2, 0.25) is 5.91 Å². The molecule has 3 saturated heterocycles. The normalized spacial score (nSPS) is 17.8. The van der Waals surface area contributed by atoms with Gasteiger partial charge in [0, 0.05) is 56.1 Å². The number of likely N-dealkylation sites (N-methyl/N-ethyl adjacent to an activating group) is 1. The molecular formula is C44H47FN6O3. The number of ether oxygens (including phenoxy) is 2. The highest BCUT2D eigenvalue weighted by Gasteiger charge is 2.53. The van der Waals surface area contributed by atoms with Gasteiger partial charge < -0.3 is 29.1 Å². The molecule has 9 nitrogen and oxygen atoms in total.